The predicted molar refractivity (Wildman–Crippen MR) is 234 cm³/mol. The summed E-state index contributed by atoms with van der Waals surface area (Å²) in [5.41, 5.74) is 1.04. The minimum Gasteiger partial charge on any atom is -0.453 e. The van der Waals surface area contributed by atoms with Crippen LogP contribution in [0.3, 0.4) is 0 Å². The standard InChI is InChI=1S/C45H52ClF3N8O8/c1-25(2)37(54-42(61)62-7)40(59)57-24-44(63-16-17-64-44)20-34(57)38-51-22-33(52-38)28-10-8-27(9-11-28)30-18-31(46)32(19-35(30)65-45(47,48)49)53-39(58)29-12-13-36(50-21-29)56-15-14-55(23-26(56)3)41(60)43(4,5)6/h8-13,18-19,21-22,25-26,34,37H,14-17,20,23-24H2,1-7H3,(H,51,52)(H,53,58)(H,54,61)/t26-,34+,37+/m1/s1. The summed E-state index contributed by atoms with van der Waals surface area (Å²) < 4.78 is 62.6. The minimum absolute atomic E-state index is 0.00820. The smallest absolute Gasteiger partial charge is 0.453 e. The van der Waals surface area contributed by atoms with Crippen molar-refractivity contribution in [3.05, 3.63) is 77.3 Å². The number of aromatic nitrogens is 3. The molecule has 3 aliphatic rings. The van der Waals surface area contributed by atoms with Gasteiger partial charge in [-0.3, -0.25) is 14.4 Å². The van der Waals surface area contributed by atoms with Crippen LogP contribution in [0.15, 0.2) is 60.9 Å². The molecule has 5 heterocycles. The van der Waals surface area contributed by atoms with Crippen molar-refractivity contribution < 1.29 is 51.3 Å². The number of imidazole rings is 1. The topological polar surface area (TPSA) is 181 Å². The number of nitrogens with one attached hydrogen (secondary N) is 3. The first-order chi connectivity index (χ1) is 30.6. The lowest BCUT2D eigenvalue weighted by atomic mass is 9.94. The number of halogens is 4. The minimum atomic E-state index is -5.08. The van der Waals surface area contributed by atoms with E-state index in [0.29, 0.717) is 61.3 Å². The van der Waals surface area contributed by atoms with Crippen molar-refractivity contribution in [3.63, 3.8) is 0 Å². The van der Waals surface area contributed by atoms with Crippen LogP contribution in [0.4, 0.5) is 29.5 Å². The molecular formula is C45H52ClF3N8O8. The number of rotatable bonds is 10. The van der Waals surface area contributed by atoms with Crippen LogP contribution in [0, 0.1) is 11.3 Å². The summed E-state index contributed by atoms with van der Waals surface area (Å²) in [6.07, 6.45) is -2.60. The highest BCUT2D eigenvalue weighted by molar-refractivity contribution is 6.34. The number of anilines is 2. The van der Waals surface area contributed by atoms with E-state index in [1.165, 1.54) is 19.4 Å². The summed E-state index contributed by atoms with van der Waals surface area (Å²) in [5, 5.41) is 5.16. The summed E-state index contributed by atoms with van der Waals surface area (Å²) >= 11 is 6.61. The fourth-order valence-electron chi connectivity index (χ4n) is 8.31. The van der Waals surface area contributed by atoms with Gasteiger partial charge in [0.05, 0.1) is 61.1 Å². The van der Waals surface area contributed by atoms with Crippen LogP contribution in [0.2, 0.25) is 5.02 Å². The number of methoxy groups -OCH3 is 1. The van der Waals surface area contributed by atoms with Crippen LogP contribution in [0.25, 0.3) is 22.4 Å². The van der Waals surface area contributed by atoms with Gasteiger partial charge in [-0.15, -0.1) is 13.2 Å². The zero-order valence-corrected chi connectivity index (χ0v) is 37.8. The Morgan fingerprint density at radius 3 is 2.26 bits per heavy atom. The van der Waals surface area contributed by atoms with E-state index in [-0.39, 0.29) is 58.6 Å². The highest BCUT2D eigenvalue weighted by atomic mass is 35.5. The normalized spacial score (nSPS) is 19.1. The number of benzene rings is 2. The number of likely N-dealkylation sites (tertiary alicyclic amines) is 1. The van der Waals surface area contributed by atoms with E-state index in [4.69, 9.17) is 25.8 Å². The predicted octanol–water partition coefficient (Wildman–Crippen LogP) is 7.42. The number of carbonyl (C=O) groups excluding carboxylic acids is 4. The molecule has 2 aromatic heterocycles. The first kappa shape index (κ1) is 47.1. The molecule has 16 nitrogen and oxygen atoms in total. The Balaban J connectivity index is 1.07. The molecule has 0 saturated carbocycles. The van der Waals surface area contributed by atoms with Crippen molar-refractivity contribution in [1.29, 1.82) is 0 Å². The molecule has 7 rings (SSSR count). The number of hydrogen-bond acceptors (Lipinski definition) is 11. The van der Waals surface area contributed by atoms with E-state index in [1.807, 2.05) is 37.5 Å². The van der Waals surface area contributed by atoms with Crippen molar-refractivity contribution in [3.8, 4) is 28.1 Å². The molecule has 348 valence electrons. The molecule has 3 fully saturated rings. The largest absolute Gasteiger partial charge is 0.573 e. The SMILES string of the molecule is COC(=O)N[C@H](C(=O)N1CC2(C[C@H]1c1ncc(-c3ccc(-c4cc(Cl)c(NC(=O)c5ccc(N6CCN(C(=O)C(C)(C)C)C[C@H]6C)nc5)cc4OC(F)(F)F)cc3)[nH]1)OCCO2)C(C)C. The van der Waals surface area contributed by atoms with Crippen LogP contribution >= 0.6 is 11.6 Å². The number of amides is 4. The molecule has 3 N–H and O–H groups in total. The molecule has 4 aromatic rings. The molecule has 0 unspecified atom stereocenters. The Morgan fingerprint density at radius 2 is 1.66 bits per heavy atom. The lowest BCUT2D eigenvalue weighted by Gasteiger charge is -2.42. The number of ether oxygens (including phenoxy) is 4. The van der Waals surface area contributed by atoms with Crippen LogP contribution in [0.5, 0.6) is 5.75 Å². The van der Waals surface area contributed by atoms with E-state index in [1.54, 1.807) is 61.3 Å². The zero-order valence-electron chi connectivity index (χ0n) is 37.0. The van der Waals surface area contributed by atoms with Gasteiger partial charge in [-0.25, -0.2) is 14.8 Å². The third-order valence-electron chi connectivity index (χ3n) is 11.6. The van der Waals surface area contributed by atoms with Crippen molar-refractivity contribution in [1.82, 2.24) is 30.1 Å². The van der Waals surface area contributed by atoms with Crippen LogP contribution < -0.4 is 20.3 Å². The maximum absolute atomic E-state index is 14.0. The highest BCUT2D eigenvalue weighted by Gasteiger charge is 2.53. The van der Waals surface area contributed by atoms with Gasteiger partial charge in [0.2, 0.25) is 11.8 Å². The second kappa shape index (κ2) is 18.5. The number of nitrogens with zero attached hydrogens (tertiary/aromatic N) is 5. The quantitative estimate of drug-likeness (QED) is 0.144. The van der Waals surface area contributed by atoms with Gasteiger partial charge >= 0.3 is 12.5 Å². The van der Waals surface area contributed by atoms with E-state index in [2.05, 4.69) is 30.3 Å². The lowest BCUT2D eigenvalue weighted by Crippen LogP contribution is -2.56. The number of alkyl carbamates (subject to hydrolysis) is 1. The van der Waals surface area contributed by atoms with E-state index >= 15 is 0 Å². The first-order valence-corrected chi connectivity index (χ1v) is 21.5. The van der Waals surface area contributed by atoms with Crippen molar-refractivity contribution in [2.24, 2.45) is 11.3 Å². The maximum atomic E-state index is 14.0. The summed E-state index contributed by atoms with van der Waals surface area (Å²) in [4.78, 5) is 70.2. The van der Waals surface area contributed by atoms with E-state index in [9.17, 15) is 32.3 Å². The molecule has 0 bridgehead atoms. The number of H-pyrrole nitrogens is 1. The number of hydrogen-bond donors (Lipinski definition) is 3. The molecule has 65 heavy (non-hydrogen) atoms. The van der Waals surface area contributed by atoms with Gasteiger partial charge in [0.15, 0.2) is 5.79 Å². The average molecular weight is 925 g/mol. The second-order valence-electron chi connectivity index (χ2n) is 17.7. The highest BCUT2D eigenvalue weighted by Crippen LogP contribution is 2.44. The maximum Gasteiger partial charge on any atom is 0.573 e. The van der Waals surface area contributed by atoms with Crippen molar-refractivity contribution in [2.45, 2.75) is 78.2 Å². The third kappa shape index (κ3) is 10.5. The van der Waals surface area contributed by atoms with Crippen molar-refractivity contribution >= 4 is 46.9 Å². The van der Waals surface area contributed by atoms with Gasteiger partial charge in [0.1, 0.15) is 23.4 Å². The molecule has 1 spiro atoms. The van der Waals surface area contributed by atoms with Crippen molar-refractivity contribution in [2.75, 3.05) is 56.7 Å². The Kier molecular flexibility index (Phi) is 13.4. The molecule has 4 amide bonds. The van der Waals surface area contributed by atoms with E-state index in [0.717, 1.165) is 6.07 Å². The average Bonchev–Trinajstić information content (AvgIpc) is 4.03. The summed E-state index contributed by atoms with van der Waals surface area (Å²) in [6.45, 7) is 13.6. The van der Waals surface area contributed by atoms with Crippen LogP contribution in [0.1, 0.15) is 70.2 Å². The number of aromatic amines is 1. The van der Waals surface area contributed by atoms with Gasteiger partial charge in [-0.2, -0.15) is 0 Å². The first-order valence-electron chi connectivity index (χ1n) is 21.2. The van der Waals surface area contributed by atoms with Gasteiger partial charge < -0.3 is 49.3 Å². The third-order valence-corrected chi connectivity index (χ3v) is 11.9. The molecule has 2 aromatic carbocycles. The fourth-order valence-corrected chi connectivity index (χ4v) is 8.52. The molecule has 0 radical (unpaired) electrons. The summed E-state index contributed by atoms with van der Waals surface area (Å²) in [7, 11) is 1.22. The van der Waals surface area contributed by atoms with Gasteiger partial charge in [0.25, 0.3) is 5.91 Å². The zero-order chi connectivity index (χ0) is 47.0. The monoisotopic (exact) mass is 924 g/mol. The molecule has 3 saturated heterocycles. The molecule has 20 heteroatoms. The van der Waals surface area contributed by atoms with Crippen LogP contribution in [-0.2, 0) is 23.8 Å². The van der Waals surface area contributed by atoms with Gasteiger partial charge in [-0.1, -0.05) is 70.5 Å². The van der Waals surface area contributed by atoms with E-state index < -0.39 is 47.4 Å². The molecule has 3 atom stereocenters. The number of carbonyl (C=O) groups is 4. The number of pyridine rings is 1. The number of piperazine rings is 1. The molecule has 3 aliphatic heterocycles. The Bertz CT molecular complexity index is 2400. The number of alkyl halides is 3. The molecular weight excluding hydrogens is 873 g/mol. The Morgan fingerprint density at radius 1 is 0.969 bits per heavy atom. The van der Waals surface area contributed by atoms with Gasteiger partial charge in [0, 0.05) is 55.3 Å². The lowest BCUT2D eigenvalue weighted by molar-refractivity contribution is -0.274. The summed E-state index contributed by atoms with van der Waals surface area (Å²) in [5.74, 6) is -1.84. The Hall–Kier alpha value is -5.92. The Labute approximate surface area is 379 Å². The van der Waals surface area contributed by atoms with Crippen LogP contribution in [-0.4, -0.2) is 119 Å². The molecule has 0 aliphatic carbocycles. The second-order valence-corrected chi connectivity index (χ2v) is 18.1. The summed E-state index contributed by atoms with van der Waals surface area (Å²) in [6, 6.07) is 10.5. The fraction of sp³-hybridized carbons (Fsp3) is 0.467. The van der Waals surface area contributed by atoms with Gasteiger partial charge in [-0.05, 0) is 42.2 Å².